The van der Waals surface area contributed by atoms with Crippen LogP contribution >= 0.6 is 0 Å². The average molecular weight is 402 g/mol. The molecule has 7 heteroatoms. The standard InChI is InChI=1S/C23H22N4O3/c1-14(28)12-24-20(29)13-27-19-9-5-3-6-15(19)16-10-11-26-22(21(16)27)25-18-8-4-2-7-17(18)23(26)30/h2-9,14,28H,10-13H2,1H3,(H,24,29)/t14-/m1/s1. The highest BCUT2D eigenvalue weighted by Gasteiger charge is 2.27. The number of carbonyl (C=O) groups excluding carboxylic acids is 1. The number of amides is 1. The van der Waals surface area contributed by atoms with Gasteiger partial charge in [-0.3, -0.25) is 14.2 Å². The second kappa shape index (κ2) is 7.11. The normalized spacial score (nSPS) is 13.8. The number of nitrogens with zero attached hydrogens (tertiary/aromatic N) is 3. The van der Waals surface area contributed by atoms with Gasteiger partial charge in [0.2, 0.25) is 5.91 Å². The zero-order chi connectivity index (χ0) is 20.8. The van der Waals surface area contributed by atoms with E-state index >= 15 is 0 Å². The average Bonchev–Trinajstić information content (AvgIpc) is 3.07. The van der Waals surface area contributed by atoms with Crippen molar-refractivity contribution in [3.8, 4) is 11.5 Å². The van der Waals surface area contributed by atoms with Crippen LogP contribution in [0.1, 0.15) is 12.5 Å². The fraction of sp³-hybridized carbons (Fsp3) is 0.261. The lowest BCUT2D eigenvalue weighted by Gasteiger charge is -2.21. The van der Waals surface area contributed by atoms with Gasteiger partial charge >= 0.3 is 0 Å². The van der Waals surface area contributed by atoms with E-state index in [0.717, 1.165) is 22.2 Å². The van der Waals surface area contributed by atoms with Gasteiger partial charge in [0.1, 0.15) is 6.54 Å². The molecule has 0 unspecified atom stereocenters. The molecule has 1 amide bonds. The van der Waals surface area contributed by atoms with Gasteiger partial charge in [-0.2, -0.15) is 0 Å². The maximum Gasteiger partial charge on any atom is 0.261 e. The van der Waals surface area contributed by atoms with E-state index in [1.54, 1.807) is 17.6 Å². The van der Waals surface area contributed by atoms with Crippen molar-refractivity contribution in [3.63, 3.8) is 0 Å². The van der Waals surface area contributed by atoms with Crippen LogP contribution in [0, 0.1) is 0 Å². The van der Waals surface area contributed by atoms with E-state index in [4.69, 9.17) is 4.98 Å². The van der Waals surface area contributed by atoms with Crippen LogP contribution in [0.15, 0.2) is 53.3 Å². The lowest BCUT2D eigenvalue weighted by atomic mass is 10.0. The van der Waals surface area contributed by atoms with E-state index in [0.29, 0.717) is 29.7 Å². The fourth-order valence-corrected chi connectivity index (χ4v) is 4.29. The molecule has 2 N–H and O–H groups in total. The van der Waals surface area contributed by atoms with Crippen molar-refractivity contribution in [1.82, 2.24) is 19.4 Å². The van der Waals surface area contributed by atoms with Crippen molar-refractivity contribution in [1.29, 1.82) is 0 Å². The molecule has 0 aliphatic carbocycles. The van der Waals surface area contributed by atoms with Crippen molar-refractivity contribution in [2.75, 3.05) is 6.54 Å². The van der Waals surface area contributed by atoms with Gasteiger partial charge in [-0.25, -0.2) is 4.98 Å². The summed E-state index contributed by atoms with van der Waals surface area (Å²) >= 11 is 0. The van der Waals surface area contributed by atoms with Crippen LogP contribution in [0.2, 0.25) is 0 Å². The molecule has 30 heavy (non-hydrogen) atoms. The Hall–Kier alpha value is -3.45. The Kier molecular flexibility index (Phi) is 4.40. The van der Waals surface area contributed by atoms with E-state index in [1.165, 1.54) is 0 Å². The second-order valence-electron chi connectivity index (χ2n) is 7.74. The predicted molar refractivity (Wildman–Crippen MR) is 115 cm³/mol. The molecule has 3 heterocycles. The molecular formula is C23H22N4O3. The van der Waals surface area contributed by atoms with Gasteiger partial charge in [-0.05, 0) is 37.1 Å². The van der Waals surface area contributed by atoms with Gasteiger partial charge < -0.3 is 15.0 Å². The molecule has 2 aromatic heterocycles. The predicted octanol–water partition coefficient (Wildman–Crippen LogP) is 2.07. The van der Waals surface area contributed by atoms with Crippen LogP contribution in [0.25, 0.3) is 33.3 Å². The molecule has 1 aliphatic heterocycles. The highest BCUT2D eigenvalue weighted by molar-refractivity contribution is 5.93. The number of aryl methyl sites for hydroxylation is 1. The van der Waals surface area contributed by atoms with E-state index in [-0.39, 0.29) is 24.6 Å². The number of fused-ring (bicyclic) bond motifs is 6. The number of hydrogen-bond donors (Lipinski definition) is 2. The third-order valence-electron chi connectivity index (χ3n) is 5.63. The third kappa shape index (κ3) is 2.90. The van der Waals surface area contributed by atoms with Gasteiger partial charge in [-0.1, -0.05) is 30.3 Å². The number of aromatic nitrogens is 3. The highest BCUT2D eigenvalue weighted by Crippen LogP contribution is 2.36. The number of para-hydroxylation sites is 2. The molecule has 0 spiro atoms. The van der Waals surface area contributed by atoms with Crippen LogP contribution in [0.5, 0.6) is 0 Å². The van der Waals surface area contributed by atoms with Gasteiger partial charge in [0.25, 0.3) is 5.56 Å². The molecule has 1 atom stereocenters. The monoisotopic (exact) mass is 402 g/mol. The first-order valence-electron chi connectivity index (χ1n) is 10.1. The maximum absolute atomic E-state index is 13.1. The van der Waals surface area contributed by atoms with Gasteiger partial charge in [0.15, 0.2) is 5.82 Å². The summed E-state index contributed by atoms with van der Waals surface area (Å²) in [4.78, 5) is 30.5. The molecule has 0 fully saturated rings. The van der Waals surface area contributed by atoms with E-state index in [1.807, 2.05) is 47.0 Å². The summed E-state index contributed by atoms with van der Waals surface area (Å²) in [6.45, 7) is 2.47. The first kappa shape index (κ1) is 18.6. The van der Waals surface area contributed by atoms with Crippen LogP contribution < -0.4 is 10.9 Å². The minimum atomic E-state index is -0.614. The topological polar surface area (TPSA) is 89.2 Å². The van der Waals surface area contributed by atoms with E-state index in [9.17, 15) is 14.7 Å². The van der Waals surface area contributed by atoms with Crippen LogP contribution in [-0.2, 0) is 24.3 Å². The molecule has 5 rings (SSSR count). The summed E-state index contributed by atoms with van der Waals surface area (Å²) in [5.41, 5.74) is 3.45. The first-order chi connectivity index (χ1) is 14.5. The fourth-order valence-electron chi connectivity index (χ4n) is 4.29. The summed E-state index contributed by atoms with van der Waals surface area (Å²) in [6, 6.07) is 15.3. The van der Waals surface area contributed by atoms with E-state index < -0.39 is 6.10 Å². The number of aliphatic hydroxyl groups excluding tert-OH is 1. The Morgan fingerprint density at radius 2 is 1.90 bits per heavy atom. The number of nitrogens with one attached hydrogen (secondary N) is 1. The molecule has 0 bridgehead atoms. The Bertz CT molecular complexity index is 1350. The zero-order valence-electron chi connectivity index (χ0n) is 16.6. The molecule has 2 aromatic carbocycles. The smallest absolute Gasteiger partial charge is 0.261 e. The SMILES string of the molecule is C[C@@H](O)CNC(=O)Cn1c2c(c3ccccc31)CCn1c-2nc2ccccc2c1=O. The number of carbonyl (C=O) groups is 1. The minimum Gasteiger partial charge on any atom is -0.392 e. The molecule has 0 radical (unpaired) electrons. The zero-order valence-corrected chi connectivity index (χ0v) is 16.6. The van der Waals surface area contributed by atoms with Gasteiger partial charge in [0.05, 0.1) is 22.7 Å². The van der Waals surface area contributed by atoms with Crippen molar-refractivity contribution in [2.24, 2.45) is 0 Å². The molecular weight excluding hydrogens is 380 g/mol. The molecule has 0 saturated heterocycles. The summed E-state index contributed by atoms with van der Waals surface area (Å²) in [5, 5.41) is 13.9. The lowest BCUT2D eigenvalue weighted by molar-refractivity contribution is -0.122. The molecule has 7 nitrogen and oxygen atoms in total. The second-order valence-corrected chi connectivity index (χ2v) is 7.74. The van der Waals surface area contributed by atoms with E-state index in [2.05, 4.69) is 5.32 Å². The number of benzene rings is 2. The van der Waals surface area contributed by atoms with Crippen molar-refractivity contribution in [3.05, 3.63) is 64.4 Å². The lowest BCUT2D eigenvalue weighted by Crippen LogP contribution is -2.34. The largest absolute Gasteiger partial charge is 0.392 e. The Labute approximate surface area is 172 Å². The summed E-state index contributed by atoms with van der Waals surface area (Å²) in [6.07, 6.45) is 0.0852. The summed E-state index contributed by atoms with van der Waals surface area (Å²) < 4.78 is 3.65. The van der Waals surface area contributed by atoms with Crippen molar-refractivity contribution < 1.29 is 9.90 Å². The number of rotatable bonds is 4. The summed E-state index contributed by atoms with van der Waals surface area (Å²) in [5.74, 6) is 0.402. The number of hydrogen-bond acceptors (Lipinski definition) is 4. The summed E-state index contributed by atoms with van der Waals surface area (Å²) in [7, 11) is 0. The Balaban J connectivity index is 1.73. The highest BCUT2D eigenvalue weighted by atomic mass is 16.3. The van der Waals surface area contributed by atoms with Crippen molar-refractivity contribution in [2.45, 2.75) is 32.5 Å². The van der Waals surface area contributed by atoms with Gasteiger partial charge in [0, 0.05) is 24.0 Å². The van der Waals surface area contributed by atoms with Gasteiger partial charge in [-0.15, -0.1) is 0 Å². The minimum absolute atomic E-state index is 0.0587. The quantitative estimate of drug-likeness (QED) is 0.547. The Morgan fingerprint density at radius 3 is 2.70 bits per heavy atom. The molecule has 4 aromatic rings. The Morgan fingerprint density at radius 1 is 1.17 bits per heavy atom. The van der Waals surface area contributed by atoms with Crippen LogP contribution in [-0.4, -0.2) is 37.8 Å². The van der Waals surface area contributed by atoms with Crippen molar-refractivity contribution >= 4 is 27.7 Å². The molecule has 1 aliphatic rings. The van der Waals surface area contributed by atoms with Crippen LogP contribution in [0.4, 0.5) is 0 Å². The third-order valence-corrected chi connectivity index (χ3v) is 5.63. The first-order valence-corrected chi connectivity index (χ1v) is 10.1. The number of aliphatic hydroxyl groups is 1. The maximum atomic E-state index is 13.1. The van der Waals surface area contributed by atoms with Crippen LogP contribution in [0.3, 0.4) is 0 Å². The molecule has 0 saturated carbocycles. The molecule has 152 valence electrons.